The van der Waals surface area contributed by atoms with Crippen molar-refractivity contribution in [2.24, 2.45) is 7.05 Å². The predicted molar refractivity (Wildman–Crippen MR) is 127 cm³/mol. The summed E-state index contributed by atoms with van der Waals surface area (Å²) in [5, 5.41) is 50.7. The second-order valence-corrected chi connectivity index (χ2v) is 8.09. The van der Waals surface area contributed by atoms with Gasteiger partial charge in [0.05, 0.1) is 13.2 Å². The normalized spacial score (nSPS) is 20.6. The predicted octanol–water partition coefficient (Wildman–Crippen LogP) is -3.74. The maximum absolute atomic E-state index is 11.8. The van der Waals surface area contributed by atoms with Gasteiger partial charge in [0.15, 0.2) is 11.0 Å². The lowest BCUT2D eigenvalue weighted by atomic mass is 10.1. The molecule has 17 nitrogen and oxygen atoms in total. The Morgan fingerprint density at radius 1 is 1.05 bits per heavy atom. The number of aliphatic carboxylic acids is 2. The highest BCUT2D eigenvalue weighted by molar-refractivity contribution is 7.71. The van der Waals surface area contributed by atoms with Gasteiger partial charge in [-0.05, 0) is 12.2 Å². The molecular formula is C19H26N6O11S. The van der Waals surface area contributed by atoms with Crippen molar-refractivity contribution in [2.45, 2.75) is 31.1 Å². The number of aryl methyl sites for hydroxylation is 1. The largest absolute Gasteiger partial charge is 0.480 e. The van der Waals surface area contributed by atoms with Crippen LogP contribution in [0.5, 0.6) is 0 Å². The van der Waals surface area contributed by atoms with Gasteiger partial charge in [-0.1, -0.05) is 0 Å². The van der Waals surface area contributed by atoms with Gasteiger partial charge in [0.2, 0.25) is 0 Å². The number of carbonyl (C=O) groups is 2. The Kier molecular flexibility index (Phi) is 10.4. The van der Waals surface area contributed by atoms with E-state index in [2.05, 4.69) is 15.6 Å². The van der Waals surface area contributed by atoms with Gasteiger partial charge in [0.25, 0.3) is 11.1 Å². The van der Waals surface area contributed by atoms with Crippen LogP contribution >= 0.6 is 12.2 Å². The molecule has 9 N–H and O–H groups in total. The van der Waals surface area contributed by atoms with E-state index in [-0.39, 0.29) is 35.7 Å². The van der Waals surface area contributed by atoms with Crippen molar-refractivity contribution >= 4 is 29.8 Å². The Labute approximate surface area is 211 Å². The highest BCUT2D eigenvalue weighted by Gasteiger charge is 2.43. The molecule has 0 unspecified atom stereocenters. The standard InChI is InChI=1S/C12H17N3O7S.C7H9N3O4/c16-4-6-8(19)9(20)11(22-6)15-3-5(1-13-2-7(17)18)10(21)14-12(15)23;1-10-3-4(8-2-5(11)12)6(13)9-7(10)14/h3,6,8-9,11,13,16,19-20H,1-2,4H2,(H,17,18)(H,14,21,23);3,8H,2H2,1H3,(H,11,12)(H,9,13,14)/t6-,8-,9-,11-;/m1./s1. The van der Waals surface area contributed by atoms with E-state index < -0.39 is 59.9 Å². The number of rotatable bonds is 9. The number of aromatic nitrogens is 4. The van der Waals surface area contributed by atoms with Crippen LogP contribution in [0.15, 0.2) is 26.8 Å². The maximum Gasteiger partial charge on any atom is 0.328 e. The zero-order valence-electron chi connectivity index (χ0n) is 19.3. The Hall–Kier alpha value is -3.68. The second kappa shape index (κ2) is 13.0. The van der Waals surface area contributed by atoms with Gasteiger partial charge in [0, 0.05) is 31.5 Å². The average molecular weight is 547 g/mol. The quantitative estimate of drug-likeness (QED) is 0.137. The first-order chi connectivity index (χ1) is 17.3. The fraction of sp³-hybridized carbons (Fsp3) is 0.474. The number of nitrogens with zero attached hydrogens (tertiary/aromatic N) is 2. The van der Waals surface area contributed by atoms with E-state index in [1.54, 1.807) is 0 Å². The van der Waals surface area contributed by atoms with Crippen LogP contribution in [-0.4, -0.2) is 94.6 Å². The lowest BCUT2D eigenvalue weighted by Crippen LogP contribution is -2.34. The number of aliphatic hydroxyl groups excluding tert-OH is 3. The molecule has 1 saturated heterocycles. The van der Waals surface area contributed by atoms with Gasteiger partial charge >= 0.3 is 17.6 Å². The molecule has 3 rings (SSSR count). The van der Waals surface area contributed by atoms with Crippen molar-refractivity contribution in [3.63, 3.8) is 0 Å². The highest BCUT2D eigenvalue weighted by atomic mass is 32.1. The SMILES string of the molecule is Cn1cc(NCC(=O)O)c(=O)[nH]c1=O.O=C(O)CNCc1cn([C@@H]2O[C@H](CO)[C@@H](O)[C@H]2O)c(=S)[nH]c1=O. The highest BCUT2D eigenvalue weighted by Crippen LogP contribution is 2.29. The first kappa shape index (κ1) is 29.5. The molecule has 1 aliphatic rings. The number of anilines is 1. The molecule has 0 saturated carbocycles. The summed E-state index contributed by atoms with van der Waals surface area (Å²) in [7, 11) is 1.45. The summed E-state index contributed by atoms with van der Waals surface area (Å²) in [6, 6.07) is 0. The number of aliphatic hydroxyl groups is 3. The molecule has 0 aromatic carbocycles. The third kappa shape index (κ3) is 7.90. The minimum Gasteiger partial charge on any atom is -0.480 e. The van der Waals surface area contributed by atoms with E-state index in [1.807, 2.05) is 4.98 Å². The second-order valence-electron chi connectivity index (χ2n) is 7.71. The van der Waals surface area contributed by atoms with Gasteiger partial charge in [-0.15, -0.1) is 0 Å². The molecule has 2 aromatic rings. The summed E-state index contributed by atoms with van der Waals surface area (Å²) in [4.78, 5) is 58.9. The average Bonchev–Trinajstić information content (AvgIpc) is 3.10. The van der Waals surface area contributed by atoms with E-state index >= 15 is 0 Å². The number of H-pyrrole nitrogens is 2. The fourth-order valence-corrected chi connectivity index (χ4v) is 3.37. The molecular weight excluding hydrogens is 520 g/mol. The minimum atomic E-state index is -1.34. The van der Waals surface area contributed by atoms with Crippen LogP contribution < -0.4 is 27.4 Å². The Bertz CT molecular complexity index is 1350. The number of nitrogens with one attached hydrogen (secondary N) is 4. The summed E-state index contributed by atoms with van der Waals surface area (Å²) in [6.45, 7) is -1.23. The van der Waals surface area contributed by atoms with Crippen molar-refractivity contribution in [1.29, 1.82) is 0 Å². The molecule has 2 aromatic heterocycles. The molecule has 0 amide bonds. The number of hydrogen-bond donors (Lipinski definition) is 9. The molecule has 3 heterocycles. The third-order valence-electron chi connectivity index (χ3n) is 4.96. The van der Waals surface area contributed by atoms with Crippen LogP contribution in [0.2, 0.25) is 0 Å². The summed E-state index contributed by atoms with van der Waals surface area (Å²) < 4.78 is 7.71. The number of carboxylic acid groups (broad SMARTS) is 2. The van der Waals surface area contributed by atoms with Crippen molar-refractivity contribution in [3.05, 3.63) is 53.9 Å². The van der Waals surface area contributed by atoms with Crippen LogP contribution in [0.1, 0.15) is 11.8 Å². The number of hydrogen-bond acceptors (Lipinski definition) is 12. The Morgan fingerprint density at radius 2 is 1.70 bits per heavy atom. The Morgan fingerprint density at radius 3 is 2.27 bits per heavy atom. The van der Waals surface area contributed by atoms with Crippen LogP contribution in [0.3, 0.4) is 0 Å². The molecule has 0 spiro atoms. The van der Waals surface area contributed by atoms with Gasteiger partial charge in [0.1, 0.15) is 30.5 Å². The molecule has 18 heteroatoms. The third-order valence-corrected chi connectivity index (χ3v) is 5.28. The molecule has 204 valence electrons. The first-order valence-corrected chi connectivity index (χ1v) is 10.9. The lowest BCUT2D eigenvalue weighted by Gasteiger charge is -2.19. The summed E-state index contributed by atoms with van der Waals surface area (Å²) in [5.41, 5.74) is -1.45. The lowest BCUT2D eigenvalue weighted by molar-refractivity contribution is -0.136. The van der Waals surface area contributed by atoms with Crippen molar-refractivity contribution < 1.29 is 39.9 Å². The summed E-state index contributed by atoms with van der Waals surface area (Å²) >= 11 is 5.01. The van der Waals surface area contributed by atoms with E-state index in [0.29, 0.717) is 0 Å². The van der Waals surface area contributed by atoms with Crippen LogP contribution in [0, 0.1) is 4.77 Å². The van der Waals surface area contributed by atoms with Gasteiger partial charge in [-0.2, -0.15) is 0 Å². The molecule has 0 radical (unpaired) electrons. The molecule has 37 heavy (non-hydrogen) atoms. The number of aromatic amines is 2. The van der Waals surface area contributed by atoms with Crippen molar-refractivity contribution in [2.75, 3.05) is 25.0 Å². The van der Waals surface area contributed by atoms with Gasteiger partial charge in [-0.3, -0.25) is 33.7 Å². The topological polar surface area (TPSA) is 261 Å². The van der Waals surface area contributed by atoms with Gasteiger partial charge < -0.3 is 45.5 Å². The van der Waals surface area contributed by atoms with Crippen molar-refractivity contribution in [3.8, 4) is 0 Å². The number of ether oxygens (including phenoxy) is 1. The molecule has 0 bridgehead atoms. The smallest absolute Gasteiger partial charge is 0.328 e. The first-order valence-electron chi connectivity index (χ1n) is 10.5. The Balaban J connectivity index is 0.000000294. The van der Waals surface area contributed by atoms with Gasteiger partial charge in [-0.25, -0.2) is 4.79 Å². The summed E-state index contributed by atoms with van der Waals surface area (Å²) in [5.74, 6) is -2.16. The van der Waals surface area contributed by atoms with E-state index in [4.69, 9.17) is 32.3 Å². The van der Waals surface area contributed by atoms with Crippen LogP contribution in [-0.2, 0) is 27.9 Å². The van der Waals surface area contributed by atoms with E-state index in [0.717, 1.165) is 4.57 Å². The fourth-order valence-electron chi connectivity index (χ4n) is 3.12. The zero-order valence-corrected chi connectivity index (χ0v) is 20.1. The molecule has 4 atom stereocenters. The maximum atomic E-state index is 11.8. The van der Waals surface area contributed by atoms with E-state index in [9.17, 15) is 34.2 Å². The molecule has 1 aliphatic heterocycles. The summed E-state index contributed by atoms with van der Waals surface area (Å²) in [6.07, 6.45) is -2.14. The monoisotopic (exact) mass is 546 g/mol. The molecule has 1 fully saturated rings. The van der Waals surface area contributed by atoms with Crippen LogP contribution in [0.4, 0.5) is 5.69 Å². The van der Waals surface area contributed by atoms with E-state index in [1.165, 1.54) is 24.0 Å². The van der Waals surface area contributed by atoms with Crippen molar-refractivity contribution in [1.82, 2.24) is 24.4 Å². The molecule has 0 aliphatic carbocycles. The zero-order chi connectivity index (χ0) is 27.9. The number of carboxylic acids is 2. The van der Waals surface area contributed by atoms with Crippen LogP contribution in [0.25, 0.3) is 0 Å². The minimum absolute atomic E-state index is 0.0353.